The van der Waals surface area contributed by atoms with Gasteiger partial charge in [0.2, 0.25) is 0 Å². The fourth-order valence-electron chi connectivity index (χ4n) is 4.00. The van der Waals surface area contributed by atoms with E-state index in [1.165, 1.54) is 22.9 Å². The Morgan fingerprint density at radius 1 is 1.24 bits per heavy atom. The van der Waals surface area contributed by atoms with E-state index in [0.29, 0.717) is 35.9 Å². The molecule has 3 aromatic rings. The number of halogens is 1. The number of hydrogen-bond acceptors (Lipinski definition) is 8. The van der Waals surface area contributed by atoms with Gasteiger partial charge in [-0.3, -0.25) is 4.79 Å². The number of nitrogens with zero attached hydrogens (tertiary/aromatic N) is 5. The van der Waals surface area contributed by atoms with Crippen molar-refractivity contribution in [3.05, 3.63) is 59.2 Å². The van der Waals surface area contributed by atoms with Crippen molar-refractivity contribution in [2.24, 2.45) is 0 Å². The molecular weight excluding hydrogens is 443 g/mol. The minimum atomic E-state index is -0.689. The van der Waals surface area contributed by atoms with E-state index in [1.54, 1.807) is 18.3 Å². The van der Waals surface area contributed by atoms with E-state index in [0.717, 1.165) is 0 Å². The van der Waals surface area contributed by atoms with E-state index in [9.17, 15) is 19.6 Å². The van der Waals surface area contributed by atoms with Crippen molar-refractivity contribution in [1.82, 2.24) is 20.1 Å². The lowest BCUT2D eigenvalue weighted by molar-refractivity contribution is -0.00515. The van der Waals surface area contributed by atoms with E-state index < -0.39 is 11.9 Å². The molecule has 1 fully saturated rings. The van der Waals surface area contributed by atoms with Gasteiger partial charge in [0, 0.05) is 18.8 Å². The van der Waals surface area contributed by atoms with Crippen molar-refractivity contribution in [3.63, 3.8) is 0 Å². The van der Waals surface area contributed by atoms with Crippen LogP contribution in [-0.4, -0.2) is 65.0 Å². The topological polar surface area (TPSA) is 126 Å². The summed E-state index contributed by atoms with van der Waals surface area (Å²) in [6, 6.07) is 9.58. The van der Waals surface area contributed by atoms with E-state index in [2.05, 4.69) is 15.4 Å². The third-order valence-corrected chi connectivity index (χ3v) is 5.63. The molecule has 5 rings (SSSR count). The number of aromatic nitrogens is 3. The Morgan fingerprint density at radius 3 is 2.94 bits per heavy atom. The minimum absolute atomic E-state index is 0.0740. The highest BCUT2D eigenvalue weighted by Gasteiger charge is 2.28. The molecule has 1 atom stereocenters. The molecule has 1 amide bonds. The van der Waals surface area contributed by atoms with Gasteiger partial charge in [0.05, 0.1) is 66.2 Å². The third-order valence-electron chi connectivity index (χ3n) is 5.63. The Bertz CT molecular complexity index is 1290. The van der Waals surface area contributed by atoms with Crippen LogP contribution in [-0.2, 0) is 16.0 Å². The first-order chi connectivity index (χ1) is 16.5. The molecule has 4 heterocycles. The number of nitrogens with one attached hydrogen (secondary N) is 1. The smallest absolute Gasteiger partial charge is 0.255 e. The number of carbonyl (C=O) groups excluding carboxylic acids is 1. The summed E-state index contributed by atoms with van der Waals surface area (Å²) >= 11 is 0. The van der Waals surface area contributed by atoms with Crippen molar-refractivity contribution in [3.8, 4) is 23.0 Å². The number of anilines is 1. The first-order valence-corrected chi connectivity index (χ1v) is 10.7. The molecule has 0 bridgehead atoms. The van der Waals surface area contributed by atoms with Crippen LogP contribution in [0.25, 0.3) is 16.9 Å². The number of aliphatic hydroxyl groups excluding tert-OH is 1. The Labute approximate surface area is 194 Å². The predicted octanol–water partition coefficient (Wildman–Crippen LogP) is 1.36. The summed E-state index contributed by atoms with van der Waals surface area (Å²) in [5, 5.41) is 26.6. The van der Waals surface area contributed by atoms with Crippen LogP contribution in [0.5, 0.6) is 0 Å². The van der Waals surface area contributed by atoms with Crippen LogP contribution < -0.4 is 10.2 Å². The average Bonchev–Trinajstić information content (AvgIpc) is 3.48. The number of nitriles is 1. The maximum atomic E-state index is 14.7. The highest BCUT2D eigenvalue weighted by Crippen LogP contribution is 2.31. The van der Waals surface area contributed by atoms with Crippen LogP contribution in [0.3, 0.4) is 0 Å². The number of carbonyl (C=O) groups is 1. The largest absolute Gasteiger partial charge is 0.388 e. The first kappa shape index (κ1) is 22.0. The van der Waals surface area contributed by atoms with Gasteiger partial charge < -0.3 is 24.8 Å². The molecule has 2 aliphatic heterocycles. The molecule has 0 saturated carbocycles. The summed E-state index contributed by atoms with van der Waals surface area (Å²) in [5.74, 6) is -0.301. The summed E-state index contributed by atoms with van der Waals surface area (Å²) in [6.45, 7) is 1.61. The molecule has 0 spiro atoms. The lowest BCUT2D eigenvalue weighted by Gasteiger charge is -2.20. The lowest BCUT2D eigenvalue weighted by atomic mass is 10.0. The second-order valence-electron chi connectivity index (χ2n) is 7.92. The summed E-state index contributed by atoms with van der Waals surface area (Å²) < 4.78 is 27.3. The number of ether oxygens (including phenoxy) is 2. The molecule has 1 saturated heterocycles. The van der Waals surface area contributed by atoms with Gasteiger partial charge in [0.1, 0.15) is 18.7 Å². The van der Waals surface area contributed by atoms with Crippen molar-refractivity contribution in [2.45, 2.75) is 12.6 Å². The Balaban J connectivity index is 1.56. The zero-order valence-corrected chi connectivity index (χ0v) is 18.1. The zero-order valence-electron chi connectivity index (χ0n) is 18.1. The summed E-state index contributed by atoms with van der Waals surface area (Å²) in [4.78, 5) is 18.9. The first-order valence-electron chi connectivity index (χ1n) is 10.7. The molecule has 34 heavy (non-hydrogen) atoms. The lowest BCUT2D eigenvalue weighted by Crippen LogP contribution is -2.30. The van der Waals surface area contributed by atoms with Crippen LogP contribution in [0.4, 0.5) is 10.2 Å². The summed E-state index contributed by atoms with van der Waals surface area (Å²) in [7, 11) is 0. The quantitative estimate of drug-likeness (QED) is 0.595. The van der Waals surface area contributed by atoms with E-state index in [4.69, 9.17) is 9.47 Å². The molecule has 0 unspecified atom stereocenters. The molecule has 174 valence electrons. The van der Waals surface area contributed by atoms with Gasteiger partial charge in [-0.15, -0.1) is 0 Å². The van der Waals surface area contributed by atoms with Crippen LogP contribution in [0.15, 0.2) is 36.5 Å². The minimum Gasteiger partial charge on any atom is -0.388 e. The molecule has 2 aromatic heterocycles. The molecule has 11 heteroatoms. The van der Waals surface area contributed by atoms with E-state index in [-0.39, 0.29) is 49.2 Å². The fraction of sp³-hybridized carbons (Fsp3) is 0.304. The highest BCUT2D eigenvalue weighted by molar-refractivity contribution is 6.01. The number of benzene rings is 1. The number of rotatable bonds is 3. The van der Waals surface area contributed by atoms with Crippen molar-refractivity contribution < 1.29 is 23.8 Å². The molecule has 2 N–H and O–H groups in total. The Morgan fingerprint density at radius 2 is 2.09 bits per heavy atom. The number of fused-ring (bicyclic) bond motifs is 1. The average molecular weight is 464 g/mol. The summed E-state index contributed by atoms with van der Waals surface area (Å²) in [6.07, 6.45) is 1.00. The van der Waals surface area contributed by atoms with Gasteiger partial charge in [-0.05, 0) is 18.2 Å². The SMILES string of the molecule is N#Cc1cccc(F)c1-c1cc(-n2ccc(N3CCOC[C@H](O)COC3)n2)c2c(n1)CNC2=O. The second kappa shape index (κ2) is 9.18. The maximum Gasteiger partial charge on any atom is 0.255 e. The molecule has 10 nitrogen and oxygen atoms in total. The van der Waals surface area contributed by atoms with Crippen LogP contribution in [0.2, 0.25) is 0 Å². The van der Waals surface area contributed by atoms with Gasteiger partial charge in [-0.25, -0.2) is 14.1 Å². The van der Waals surface area contributed by atoms with Crippen LogP contribution >= 0.6 is 0 Å². The monoisotopic (exact) mass is 464 g/mol. The number of hydrogen-bond donors (Lipinski definition) is 2. The van der Waals surface area contributed by atoms with E-state index >= 15 is 0 Å². The normalized spacial score (nSPS) is 18.4. The standard InChI is InChI=1S/C23H21FN6O4/c24-16-3-1-2-14(9-25)21(16)17-8-19(22-18(27-17)10-26-23(22)32)30-5-4-20(28-30)29-6-7-33-11-15(31)12-34-13-29/h1-5,8,15,31H,6-7,10-13H2,(H,26,32)/t15-/m0/s1. The molecule has 0 radical (unpaired) electrons. The second-order valence-corrected chi connectivity index (χ2v) is 7.92. The molecule has 2 aliphatic rings. The number of amides is 1. The molecular formula is C23H21FN6O4. The Hall–Kier alpha value is -3.85. The van der Waals surface area contributed by atoms with Gasteiger partial charge in [0.25, 0.3) is 5.91 Å². The van der Waals surface area contributed by atoms with Crippen LogP contribution in [0.1, 0.15) is 21.6 Å². The molecule has 0 aliphatic carbocycles. The van der Waals surface area contributed by atoms with Gasteiger partial charge in [-0.2, -0.15) is 10.4 Å². The molecule has 1 aromatic carbocycles. The zero-order chi connectivity index (χ0) is 23.7. The van der Waals surface area contributed by atoms with Crippen LogP contribution in [0, 0.1) is 17.1 Å². The fourth-order valence-corrected chi connectivity index (χ4v) is 4.00. The number of pyridine rings is 1. The highest BCUT2D eigenvalue weighted by atomic mass is 19.1. The van der Waals surface area contributed by atoms with Crippen molar-refractivity contribution >= 4 is 11.7 Å². The predicted molar refractivity (Wildman–Crippen MR) is 118 cm³/mol. The van der Waals surface area contributed by atoms with Gasteiger partial charge in [-0.1, -0.05) is 6.07 Å². The maximum absolute atomic E-state index is 14.7. The van der Waals surface area contributed by atoms with Crippen molar-refractivity contribution in [1.29, 1.82) is 5.26 Å². The summed E-state index contributed by atoms with van der Waals surface area (Å²) in [5.41, 5.74) is 1.68. The van der Waals surface area contributed by atoms with E-state index in [1.807, 2.05) is 11.0 Å². The third kappa shape index (κ3) is 4.10. The number of aliphatic hydroxyl groups is 1. The Kier molecular flexibility index (Phi) is 5.93. The van der Waals surface area contributed by atoms with Crippen molar-refractivity contribution in [2.75, 3.05) is 38.0 Å². The van der Waals surface area contributed by atoms with Gasteiger partial charge in [0.15, 0.2) is 5.82 Å². The van der Waals surface area contributed by atoms with Gasteiger partial charge >= 0.3 is 0 Å².